The summed E-state index contributed by atoms with van der Waals surface area (Å²) in [4.78, 5) is 11.0. The van der Waals surface area contributed by atoms with Crippen molar-refractivity contribution in [3.8, 4) is 0 Å². The molecule has 0 aromatic heterocycles. The Kier molecular flexibility index (Phi) is 6.16. The molecule has 2 saturated carbocycles. The average Bonchev–Trinajstić information content (AvgIpc) is 2.96. The lowest BCUT2D eigenvalue weighted by Crippen LogP contribution is -2.28. The summed E-state index contributed by atoms with van der Waals surface area (Å²) in [6.07, 6.45) is 4.39. The van der Waals surface area contributed by atoms with Gasteiger partial charge in [0.2, 0.25) is 0 Å². The van der Waals surface area contributed by atoms with Gasteiger partial charge < -0.3 is 5.11 Å². The number of aliphatic carboxylic acids is 1. The van der Waals surface area contributed by atoms with Crippen molar-refractivity contribution in [1.82, 2.24) is 0 Å². The molecule has 0 bridgehead atoms. The molecule has 22 heavy (non-hydrogen) atoms. The molecule has 0 amide bonds. The van der Waals surface area contributed by atoms with Crippen LogP contribution < -0.4 is 0 Å². The topological polar surface area (TPSA) is 37.3 Å². The summed E-state index contributed by atoms with van der Waals surface area (Å²) in [5, 5.41) is 9.08. The molecule has 2 rings (SSSR count). The summed E-state index contributed by atoms with van der Waals surface area (Å²) in [7, 11) is 0. The molecular formula is C17H27F3O2. The van der Waals surface area contributed by atoms with Crippen molar-refractivity contribution in [3.63, 3.8) is 0 Å². The second kappa shape index (κ2) is 7.69. The van der Waals surface area contributed by atoms with Crippen LogP contribution in [0.15, 0.2) is 0 Å². The minimum atomic E-state index is -4.04. The van der Waals surface area contributed by atoms with E-state index in [2.05, 4.69) is 0 Å². The van der Waals surface area contributed by atoms with E-state index in [0.29, 0.717) is 24.7 Å². The third-order valence-corrected chi connectivity index (χ3v) is 5.76. The van der Waals surface area contributed by atoms with Crippen LogP contribution in [0.2, 0.25) is 0 Å². The maximum atomic E-state index is 12.7. The second-order valence-electron chi connectivity index (χ2n) is 7.24. The van der Waals surface area contributed by atoms with Gasteiger partial charge in [-0.05, 0) is 49.9 Å². The molecule has 0 aromatic carbocycles. The predicted molar refractivity (Wildman–Crippen MR) is 78.4 cm³/mol. The van der Waals surface area contributed by atoms with Crippen molar-refractivity contribution >= 4 is 5.97 Å². The molecule has 1 N–H and O–H groups in total. The fraction of sp³-hybridized carbons (Fsp3) is 0.941. The maximum absolute atomic E-state index is 12.7. The predicted octanol–water partition coefficient (Wildman–Crippen LogP) is 5.42. The molecule has 128 valence electrons. The maximum Gasteiger partial charge on any atom is 0.391 e. The highest BCUT2D eigenvalue weighted by Gasteiger charge is 2.41. The van der Waals surface area contributed by atoms with Crippen LogP contribution in [0.1, 0.15) is 70.6 Å². The highest BCUT2D eigenvalue weighted by molar-refractivity contribution is 5.67. The Morgan fingerprint density at radius 1 is 1.05 bits per heavy atom. The summed E-state index contributed by atoms with van der Waals surface area (Å²) < 4.78 is 38.0. The van der Waals surface area contributed by atoms with Gasteiger partial charge in [0.05, 0.1) is 5.92 Å². The average molecular weight is 320 g/mol. The van der Waals surface area contributed by atoms with Gasteiger partial charge >= 0.3 is 12.1 Å². The molecule has 0 radical (unpaired) electrons. The zero-order chi connectivity index (χ0) is 16.2. The summed E-state index contributed by atoms with van der Waals surface area (Å²) in [6.45, 7) is 0. The Hall–Kier alpha value is -0.740. The third kappa shape index (κ3) is 5.17. The number of alkyl halides is 3. The Morgan fingerprint density at radius 2 is 1.64 bits per heavy atom. The molecule has 2 aliphatic carbocycles. The molecule has 0 aliphatic heterocycles. The first-order valence-electron chi connectivity index (χ1n) is 8.64. The van der Waals surface area contributed by atoms with Crippen LogP contribution in [-0.2, 0) is 4.79 Å². The minimum absolute atomic E-state index is 0.223. The minimum Gasteiger partial charge on any atom is -0.481 e. The van der Waals surface area contributed by atoms with Gasteiger partial charge in [0.1, 0.15) is 0 Å². The SMILES string of the molecule is O=C(O)CC(CCC1CCC(C(F)(F)F)CC1)C1CCCC1. The largest absolute Gasteiger partial charge is 0.481 e. The standard InChI is InChI=1S/C17H27F3O2/c18-17(19,20)15-9-6-12(7-10-15)5-8-14(11-16(21)22)13-3-1-2-4-13/h12-15H,1-11H2,(H,21,22). The summed E-state index contributed by atoms with van der Waals surface area (Å²) in [5.74, 6) is -0.759. The second-order valence-corrected chi connectivity index (χ2v) is 7.24. The molecule has 5 heteroatoms. The van der Waals surface area contributed by atoms with E-state index in [1.54, 1.807) is 0 Å². The van der Waals surface area contributed by atoms with E-state index in [4.69, 9.17) is 5.11 Å². The van der Waals surface area contributed by atoms with Gasteiger partial charge in [0.15, 0.2) is 0 Å². The molecule has 1 unspecified atom stereocenters. The van der Waals surface area contributed by atoms with Crippen molar-refractivity contribution in [1.29, 1.82) is 0 Å². The van der Waals surface area contributed by atoms with Crippen LogP contribution in [0.25, 0.3) is 0 Å². The third-order valence-electron chi connectivity index (χ3n) is 5.76. The van der Waals surface area contributed by atoms with Crippen LogP contribution >= 0.6 is 0 Å². The van der Waals surface area contributed by atoms with Crippen LogP contribution in [0.4, 0.5) is 13.2 Å². The van der Waals surface area contributed by atoms with Crippen molar-refractivity contribution in [3.05, 3.63) is 0 Å². The van der Waals surface area contributed by atoms with Crippen molar-refractivity contribution in [2.24, 2.45) is 23.7 Å². The summed E-state index contributed by atoms with van der Waals surface area (Å²) in [6, 6.07) is 0. The lowest BCUT2D eigenvalue weighted by molar-refractivity contribution is -0.184. The molecule has 2 nitrogen and oxygen atoms in total. The van der Waals surface area contributed by atoms with Crippen LogP contribution in [0.5, 0.6) is 0 Å². The summed E-state index contributed by atoms with van der Waals surface area (Å²) >= 11 is 0. The smallest absolute Gasteiger partial charge is 0.391 e. The van der Waals surface area contributed by atoms with E-state index in [0.717, 1.165) is 25.7 Å². The normalized spacial score (nSPS) is 28.7. The summed E-state index contributed by atoms with van der Waals surface area (Å²) in [5.41, 5.74) is 0. The van der Waals surface area contributed by atoms with E-state index in [1.807, 2.05) is 0 Å². The van der Waals surface area contributed by atoms with Gasteiger partial charge in [-0.25, -0.2) is 0 Å². The van der Waals surface area contributed by atoms with Gasteiger partial charge in [-0.2, -0.15) is 13.2 Å². The monoisotopic (exact) mass is 320 g/mol. The number of carboxylic acid groups (broad SMARTS) is 1. The highest BCUT2D eigenvalue weighted by atomic mass is 19.4. The van der Waals surface area contributed by atoms with E-state index >= 15 is 0 Å². The van der Waals surface area contributed by atoms with E-state index < -0.39 is 18.1 Å². The first-order chi connectivity index (χ1) is 10.4. The van der Waals surface area contributed by atoms with Crippen LogP contribution in [-0.4, -0.2) is 17.3 Å². The zero-order valence-electron chi connectivity index (χ0n) is 13.1. The number of rotatable bonds is 6. The van der Waals surface area contributed by atoms with Crippen LogP contribution in [0.3, 0.4) is 0 Å². The van der Waals surface area contributed by atoms with Crippen molar-refractivity contribution < 1.29 is 23.1 Å². The lowest BCUT2D eigenvalue weighted by atomic mass is 9.76. The number of hydrogen-bond acceptors (Lipinski definition) is 1. The van der Waals surface area contributed by atoms with Gasteiger partial charge in [0.25, 0.3) is 0 Å². The van der Waals surface area contributed by atoms with E-state index in [-0.39, 0.29) is 25.2 Å². The Balaban J connectivity index is 1.76. The fourth-order valence-corrected chi connectivity index (χ4v) is 4.39. The van der Waals surface area contributed by atoms with Crippen molar-refractivity contribution in [2.45, 2.75) is 76.8 Å². The zero-order valence-corrected chi connectivity index (χ0v) is 13.1. The lowest BCUT2D eigenvalue weighted by Gasteiger charge is -2.31. The van der Waals surface area contributed by atoms with Crippen molar-refractivity contribution in [2.75, 3.05) is 0 Å². The molecule has 0 saturated heterocycles. The number of hydrogen-bond donors (Lipinski definition) is 1. The van der Waals surface area contributed by atoms with E-state index in [9.17, 15) is 18.0 Å². The van der Waals surface area contributed by atoms with E-state index in [1.165, 1.54) is 12.8 Å². The van der Waals surface area contributed by atoms with Gasteiger partial charge in [-0.1, -0.05) is 32.1 Å². The van der Waals surface area contributed by atoms with Crippen LogP contribution in [0, 0.1) is 23.7 Å². The highest BCUT2D eigenvalue weighted by Crippen LogP contribution is 2.42. The molecule has 2 aliphatic rings. The molecular weight excluding hydrogens is 293 g/mol. The first kappa shape index (κ1) is 17.6. The quantitative estimate of drug-likeness (QED) is 0.710. The molecule has 0 aromatic rings. The Morgan fingerprint density at radius 3 is 2.14 bits per heavy atom. The van der Waals surface area contributed by atoms with Gasteiger partial charge in [-0.15, -0.1) is 0 Å². The first-order valence-corrected chi connectivity index (χ1v) is 8.64. The number of carboxylic acids is 1. The fourth-order valence-electron chi connectivity index (χ4n) is 4.39. The number of halogens is 3. The van der Waals surface area contributed by atoms with Gasteiger partial charge in [-0.3, -0.25) is 4.79 Å². The molecule has 2 fully saturated rings. The molecule has 1 atom stereocenters. The Bertz CT molecular complexity index is 353. The number of carbonyl (C=O) groups is 1. The Labute approximate surface area is 130 Å². The van der Waals surface area contributed by atoms with Gasteiger partial charge in [0, 0.05) is 6.42 Å². The molecule has 0 spiro atoms. The molecule has 0 heterocycles.